The molecule has 2 aromatic heterocycles. The van der Waals surface area contributed by atoms with Crippen LogP contribution in [-0.4, -0.2) is 19.6 Å². The van der Waals surface area contributed by atoms with Crippen molar-refractivity contribution >= 4 is 11.0 Å². The molecule has 0 spiro atoms. The SMILES string of the molecule is CC(C)(C)c1ccc(-n2c(-c3ccccc3O)nc3c(-c4[c-]c(-c5cc6c(cn5)-c5ccccc5C6(C)C)ccc4)cccc32)c(-c2ccccc2)c1.[Pt]. The molecule has 6 aromatic carbocycles. The maximum atomic E-state index is 11.2. The third-order valence-electron chi connectivity index (χ3n) is 10.8. The van der Waals surface area contributed by atoms with E-state index in [0.29, 0.717) is 11.4 Å². The molecule has 5 heteroatoms. The quantitative estimate of drug-likeness (QED) is 0.175. The fraction of sp³-hybridized carbons (Fsp3) is 0.143. The molecule has 0 amide bonds. The van der Waals surface area contributed by atoms with Crippen LogP contribution < -0.4 is 0 Å². The molecule has 0 saturated heterocycles. The number of fused-ring (bicyclic) bond motifs is 4. The van der Waals surface area contributed by atoms with E-state index in [1.165, 1.54) is 27.8 Å². The van der Waals surface area contributed by atoms with Crippen LogP contribution in [0.5, 0.6) is 5.75 Å². The molecule has 268 valence electrons. The van der Waals surface area contributed by atoms with E-state index in [2.05, 4.69) is 154 Å². The molecular weight excluding hydrogens is 842 g/mol. The Morgan fingerprint density at radius 3 is 2.09 bits per heavy atom. The third kappa shape index (κ3) is 5.81. The van der Waals surface area contributed by atoms with Crippen LogP contribution in [0.2, 0.25) is 0 Å². The molecule has 1 aliphatic carbocycles. The van der Waals surface area contributed by atoms with Crippen LogP contribution >= 0.6 is 0 Å². The Morgan fingerprint density at radius 1 is 0.630 bits per heavy atom. The molecule has 0 atom stereocenters. The van der Waals surface area contributed by atoms with Crippen molar-refractivity contribution in [2.24, 2.45) is 0 Å². The fourth-order valence-corrected chi connectivity index (χ4v) is 7.97. The maximum Gasteiger partial charge on any atom is 0.148 e. The Morgan fingerprint density at radius 2 is 1.31 bits per heavy atom. The van der Waals surface area contributed by atoms with Gasteiger partial charge < -0.3 is 5.11 Å². The van der Waals surface area contributed by atoms with Gasteiger partial charge in [0, 0.05) is 49.5 Å². The summed E-state index contributed by atoms with van der Waals surface area (Å²) in [6.45, 7) is 11.3. The number of para-hydroxylation sites is 2. The summed E-state index contributed by atoms with van der Waals surface area (Å²) < 4.78 is 2.20. The minimum absolute atomic E-state index is 0. The summed E-state index contributed by atoms with van der Waals surface area (Å²) in [6, 6.07) is 51.9. The number of hydrogen-bond donors (Lipinski definition) is 1. The number of pyridine rings is 1. The van der Waals surface area contributed by atoms with Gasteiger partial charge in [0.2, 0.25) is 0 Å². The zero-order valence-corrected chi connectivity index (χ0v) is 33.2. The molecule has 0 fully saturated rings. The van der Waals surface area contributed by atoms with E-state index >= 15 is 0 Å². The molecule has 1 N–H and O–H groups in total. The Bertz CT molecular complexity index is 2700. The Kier molecular flexibility index (Phi) is 8.78. The van der Waals surface area contributed by atoms with Crippen LogP contribution in [-0.2, 0) is 31.9 Å². The molecule has 9 rings (SSSR count). The molecule has 8 aromatic rings. The van der Waals surface area contributed by atoms with Gasteiger partial charge in [-0.25, -0.2) is 4.98 Å². The van der Waals surface area contributed by atoms with Crippen LogP contribution in [0, 0.1) is 6.07 Å². The molecule has 0 bridgehead atoms. The first kappa shape index (κ1) is 35.5. The first-order valence-corrected chi connectivity index (χ1v) is 18.2. The Labute approximate surface area is 331 Å². The number of imidazole rings is 1. The summed E-state index contributed by atoms with van der Waals surface area (Å²) in [7, 11) is 0. The van der Waals surface area contributed by atoms with Crippen LogP contribution in [0.4, 0.5) is 0 Å². The normalized spacial score (nSPS) is 13.0. The second-order valence-electron chi connectivity index (χ2n) is 15.6. The van der Waals surface area contributed by atoms with Crippen molar-refractivity contribution in [2.45, 2.75) is 45.4 Å². The van der Waals surface area contributed by atoms with Gasteiger partial charge in [0.05, 0.1) is 22.3 Å². The summed E-state index contributed by atoms with van der Waals surface area (Å²) in [5.41, 5.74) is 15.5. The molecule has 4 nitrogen and oxygen atoms in total. The summed E-state index contributed by atoms with van der Waals surface area (Å²) >= 11 is 0. The predicted molar refractivity (Wildman–Crippen MR) is 217 cm³/mol. The molecular formula is C49H40N3OPt-. The number of nitrogens with zero attached hydrogens (tertiary/aromatic N) is 3. The topological polar surface area (TPSA) is 50.9 Å². The minimum Gasteiger partial charge on any atom is -0.507 e. The van der Waals surface area contributed by atoms with Gasteiger partial charge in [-0.2, -0.15) is 0 Å². The van der Waals surface area contributed by atoms with Gasteiger partial charge in [0.1, 0.15) is 11.6 Å². The molecule has 0 aliphatic heterocycles. The number of aromatic nitrogens is 3. The van der Waals surface area contributed by atoms with Crippen molar-refractivity contribution in [2.75, 3.05) is 0 Å². The van der Waals surface area contributed by atoms with Gasteiger partial charge in [-0.1, -0.05) is 137 Å². The summed E-state index contributed by atoms with van der Waals surface area (Å²) in [5, 5.41) is 11.2. The first-order valence-electron chi connectivity index (χ1n) is 18.2. The summed E-state index contributed by atoms with van der Waals surface area (Å²) in [5.74, 6) is 0.851. The van der Waals surface area contributed by atoms with E-state index in [9.17, 15) is 5.11 Å². The van der Waals surface area contributed by atoms with Gasteiger partial charge in [0.15, 0.2) is 0 Å². The van der Waals surface area contributed by atoms with Crippen LogP contribution in [0.25, 0.3) is 72.7 Å². The summed E-state index contributed by atoms with van der Waals surface area (Å²) in [4.78, 5) is 10.3. The minimum atomic E-state index is -0.122. The average molecular weight is 882 g/mol. The van der Waals surface area contributed by atoms with Crippen molar-refractivity contribution < 1.29 is 26.2 Å². The van der Waals surface area contributed by atoms with Gasteiger partial charge in [-0.15, -0.1) is 29.8 Å². The number of hydrogen-bond acceptors (Lipinski definition) is 3. The fourth-order valence-electron chi connectivity index (χ4n) is 7.97. The Balaban J connectivity index is 0.00000413. The average Bonchev–Trinajstić information content (AvgIpc) is 3.67. The monoisotopic (exact) mass is 881 g/mol. The molecule has 54 heavy (non-hydrogen) atoms. The van der Waals surface area contributed by atoms with E-state index in [1.807, 2.05) is 30.5 Å². The van der Waals surface area contributed by atoms with E-state index < -0.39 is 0 Å². The van der Waals surface area contributed by atoms with Gasteiger partial charge >= 0.3 is 0 Å². The molecule has 0 saturated carbocycles. The smallest absolute Gasteiger partial charge is 0.148 e. The van der Waals surface area contributed by atoms with E-state index in [1.54, 1.807) is 6.07 Å². The predicted octanol–water partition coefficient (Wildman–Crippen LogP) is 12.2. The number of rotatable bonds is 5. The number of phenolic OH excluding ortho intramolecular Hbond substituents is 1. The van der Waals surface area contributed by atoms with Gasteiger partial charge in [0.25, 0.3) is 0 Å². The Hall–Kier alpha value is -5.57. The van der Waals surface area contributed by atoms with Crippen LogP contribution in [0.1, 0.15) is 51.3 Å². The van der Waals surface area contributed by atoms with Gasteiger partial charge in [-0.3, -0.25) is 9.55 Å². The number of phenols is 1. The van der Waals surface area contributed by atoms with Gasteiger partial charge in [-0.05, 0) is 63.6 Å². The maximum absolute atomic E-state index is 11.2. The van der Waals surface area contributed by atoms with E-state index in [-0.39, 0.29) is 37.6 Å². The molecule has 2 heterocycles. The largest absolute Gasteiger partial charge is 0.507 e. The standard InChI is InChI=1S/C49H40N3O.Pt/c1-48(2,3)34-25-26-43(38(28-34)31-15-7-6-8-16-31)52-44-23-14-21-35(46(44)51-47(52)37-20-10-12-24-45(37)53)32-17-13-18-33(27-32)42-29-41-39(30-50-42)36-19-9-11-22-40(36)49(41,4)5;/h6-26,28-30,53H,1-5H3;/q-1;. The molecule has 0 radical (unpaired) electrons. The van der Waals surface area contributed by atoms with E-state index in [0.717, 1.165) is 50.2 Å². The molecule has 0 unspecified atom stereocenters. The van der Waals surface area contributed by atoms with Crippen LogP contribution in [0.3, 0.4) is 0 Å². The van der Waals surface area contributed by atoms with E-state index in [4.69, 9.17) is 9.97 Å². The zero-order valence-electron chi connectivity index (χ0n) is 31.0. The number of aromatic hydroxyl groups is 1. The molecule has 1 aliphatic rings. The third-order valence-corrected chi connectivity index (χ3v) is 10.8. The zero-order chi connectivity index (χ0) is 36.5. The van der Waals surface area contributed by atoms with Crippen molar-refractivity contribution in [3.8, 4) is 67.5 Å². The van der Waals surface area contributed by atoms with Crippen molar-refractivity contribution in [1.82, 2.24) is 14.5 Å². The van der Waals surface area contributed by atoms with Crippen molar-refractivity contribution in [1.29, 1.82) is 0 Å². The van der Waals surface area contributed by atoms with Crippen molar-refractivity contribution in [3.63, 3.8) is 0 Å². The second-order valence-corrected chi connectivity index (χ2v) is 15.6. The van der Waals surface area contributed by atoms with Crippen molar-refractivity contribution in [3.05, 3.63) is 168 Å². The number of benzene rings is 6. The van der Waals surface area contributed by atoms with Crippen LogP contribution in [0.15, 0.2) is 146 Å². The summed E-state index contributed by atoms with van der Waals surface area (Å²) in [6.07, 6.45) is 2.02. The first-order chi connectivity index (χ1) is 25.6. The second kappa shape index (κ2) is 13.4.